The Morgan fingerprint density at radius 1 is 1.20 bits per heavy atom. The van der Waals surface area contributed by atoms with Crippen molar-refractivity contribution in [2.45, 2.75) is 116 Å². The van der Waals surface area contributed by atoms with Gasteiger partial charge in [-0.25, -0.2) is 0 Å². The fourth-order valence-electron chi connectivity index (χ4n) is 7.63. The number of aliphatic hydroxyl groups is 2. The second-order valence-corrected chi connectivity index (χ2v) is 13.5. The van der Waals surface area contributed by atoms with Crippen LogP contribution in [0.3, 0.4) is 0 Å². The number of fused-ring (bicyclic) bond motifs is 1. The molecular formula is C34H57NO5. The highest BCUT2D eigenvalue weighted by Crippen LogP contribution is 2.60. The predicted molar refractivity (Wildman–Crippen MR) is 162 cm³/mol. The fourth-order valence-corrected chi connectivity index (χ4v) is 7.63. The van der Waals surface area contributed by atoms with Gasteiger partial charge in [0.05, 0.1) is 24.9 Å². The Hall–Kier alpha value is -1.47. The van der Waals surface area contributed by atoms with Crippen LogP contribution in [0, 0.1) is 23.2 Å². The van der Waals surface area contributed by atoms with Crippen LogP contribution < -0.4 is 5.32 Å². The Morgan fingerprint density at radius 2 is 2.00 bits per heavy atom. The van der Waals surface area contributed by atoms with Gasteiger partial charge in [-0.3, -0.25) is 4.79 Å². The first-order valence-corrected chi connectivity index (χ1v) is 15.9. The molecule has 0 bridgehead atoms. The van der Waals surface area contributed by atoms with Crippen LogP contribution in [0.25, 0.3) is 0 Å². The summed E-state index contributed by atoms with van der Waals surface area (Å²) in [4.78, 5) is 11.7. The minimum absolute atomic E-state index is 0.0153. The van der Waals surface area contributed by atoms with Crippen molar-refractivity contribution in [3.05, 3.63) is 35.5 Å². The molecule has 0 saturated heterocycles. The molecule has 5 atom stereocenters. The van der Waals surface area contributed by atoms with Crippen LogP contribution in [0.4, 0.5) is 0 Å². The Labute approximate surface area is 243 Å². The Morgan fingerprint density at radius 3 is 2.75 bits per heavy atom. The zero-order chi connectivity index (χ0) is 29.2. The van der Waals surface area contributed by atoms with Crippen LogP contribution in [0.1, 0.15) is 105 Å². The fraction of sp³-hybridized carbons (Fsp3) is 0.794. The molecule has 0 heterocycles. The molecule has 0 spiro atoms. The van der Waals surface area contributed by atoms with Crippen LogP contribution in [-0.4, -0.2) is 60.8 Å². The number of hydrogen-bond acceptors (Lipinski definition) is 5. The number of aliphatic hydroxyl groups excluding tert-OH is 1. The zero-order valence-electron chi connectivity index (χ0n) is 25.8. The lowest BCUT2D eigenvalue weighted by Gasteiger charge is -2.44. The van der Waals surface area contributed by atoms with Gasteiger partial charge in [0.1, 0.15) is 6.61 Å². The molecule has 3 rings (SSSR count). The molecule has 0 aliphatic heterocycles. The Kier molecular flexibility index (Phi) is 12.9. The molecule has 0 aromatic rings. The summed E-state index contributed by atoms with van der Waals surface area (Å²) >= 11 is 0. The number of ether oxygens (including phenoxy) is 2. The van der Waals surface area contributed by atoms with Crippen molar-refractivity contribution in [1.29, 1.82) is 0 Å². The van der Waals surface area contributed by atoms with Gasteiger partial charge in [-0.05, 0) is 107 Å². The first kappa shape index (κ1) is 33.0. The van der Waals surface area contributed by atoms with Crippen LogP contribution in [0.5, 0.6) is 0 Å². The van der Waals surface area contributed by atoms with Crippen molar-refractivity contribution in [2.24, 2.45) is 23.2 Å². The van der Waals surface area contributed by atoms with E-state index in [1.165, 1.54) is 49.7 Å². The summed E-state index contributed by atoms with van der Waals surface area (Å²) < 4.78 is 11.2. The van der Waals surface area contributed by atoms with Crippen LogP contribution in [0.15, 0.2) is 35.5 Å². The summed E-state index contributed by atoms with van der Waals surface area (Å²) in [6.07, 6.45) is 18.3. The molecule has 0 unspecified atom stereocenters. The maximum atomic E-state index is 11.7. The molecule has 0 aromatic heterocycles. The smallest absolute Gasteiger partial charge is 0.246 e. The first-order chi connectivity index (χ1) is 19.0. The minimum Gasteiger partial charge on any atom is -0.394 e. The monoisotopic (exact) mass is 559 g/mol. The Balaban J connectivity index is 1.50. The van der Waals surface area contributed by atoms with E-state index in [9.17, 15) is 9.90 Å². The molecule has 3 N–H and O–H groups in total. The molecule has 6 nitrogen and oxygen atoms in total. The van der Waals surface area contributed by atoms with Crippen LogP contribution >= 0.6 is 0 Å². The number of hydrogen-bond donors (Lipinski definition) is 3. The SMILES string of the molecule is C=C1CC[C@H](OCCCNC(=O)COCCO)C/C1=C/C=C1\CCC[C@]2(C)[C@@H]([C@H](C)CCCC(C)(C)O)CC[C@@H]12. The van der Waals surface area contributed by atoms with E-state index in [2.05, 4.69) is 37.9 Å². The van der Waals surface area contributed by atoms with E-state index < -0.39 is 5.60 Å². The van der Waals surface area contributed by atoms with E-state index in [0.717, 1.165) is 44.4 Å². The normalized spacial score (nSPS) is 30.1. The Bertz CT molecular complexity index is 887. The van der Waals surface area contributed by atoms with E-state index >= 15 is 0 Å². The molecule has 228 valence electrons. The summed E-state index contributed by atoms with van der Waals surface area (Å²) in [7, 11) is 0. The van der Waals surface area contributed by atoms with E-state index in [-0.39, 0.29) is 31.8 Å². The van der Waals surface area contributed by atoms with Gasteiger partial charge in [-0.1, -0.05) is 56.6 Å². The summed E-state index contributed by atoms with van der Waals surface area (Å²) in [6, 6.07) is 0. The summed E-state index contributed by atoms with van der Waals surface area (Å²) in [5.74, 6) is 2.01. The average molecular weight is 560 g/mol. The largest absolute Gasteiger partial charge is 0.394 e. The standard InChI is InChI=1S/C34H57NO5/c1-25-11-14-29(40-21-8-19-35-32(37)24-39-22-20-36)23-28(25)13-12-27-10-7-18-34(5)30(15-16-31(27)34)26(2)9-6-17-33(3,4)38/h12-13,26,29-31,36,38H,1,6-11,14-24H2,2-5H3,(H,35,37)/b27-12+,28-13-/t26-,29+,30-,31+,34-/m1/s1. The second kappa shape index (κ2) is 15.7. The van der Waals surface area contributed by atoms with Crippen LogP contribution in [-0.2, 0) is 14.3 Å². The summed E-state index contributed by atoms with van der Waals surface area (Å²) in [5, 5.41) is 21.7. The van der Waals surface area contributed by atoms with Gasteiger partial charge in [0.15, 0.2) is 0 Å². The number of carbonyl (C=O) groups excluding carboxylic acids is 1. The van der Waals surface area contributed by atoms with E-state index in [1.54, 1.807) is 5.57 Å². The van der Waals surface area contributed by atoms with Crippen molar-refractivity contribution in [2.75, 3.05) is 33.0 Å². The number of amides is 1. The van der Waals surface area contributed by atoms with Crippen molar-refractivity contribution in [1.82, 2.24) is 5.32 Å². The number of nitrogens with one attached hydrogen (secondary N) is 1. The second-order valence-electron chi connectivity index (χ2n) is 13.5. The van der Waals surface area contributed by atoms with Gasteiger partial charge in [0.25, 0.3) is 0 Å². The maximum Gasteiger partial charge on any atom is 0.246 e. The van der Waals surface area contributed by atoms with Gasteiger partial charge < -0.3 is 25.0 Å². The zero-order valence-corrected chi connectivity index (χ0v) is 25.8. The van der Waals surface area contributed by atoms with Crippen molar-refractivity contribution in [3.8, 4) is 0 Å². The topological polar surface area (TPSA) is 88.0 Å². The highest BCUT2D eigenvalue weighted by Gasteiger charge is 2.50. The van der Waals surface area contributed by atoms with Crippen molar-refractivity contribution < 1.29 is 24.5 Å². The third-order valence-corrected chi connectivity index (χ3v) is 9.81. The third kappa shape index (κ3) is 9.82. The molecule has 40 heavy (non-hydrogen) atoms. The van der Waals surface area contributed by atoms with Gasteiger partial charge >= 0.3 is 0 Å². The number of rotatable bonds is 15. The van der Waals surface area contributed by atoms with E-state index in [0.29, 0.717) is 30.4 Å². The molecule has 3 aliphatic carbocycles. The highest BCUT2D eigenvalue weighted by molar-refractivity contribution is 5.77. The number of allylic oxidation sites excluding steroid dienone is 4. The quantitative estimate of drug-likeness (QED) is 0.206. The van der Waals surface area contributed by atoms with Gasteiger partial charge in [0, 0.05) is 13.2 Å². The van der Waals surface area contributed by atoms with E-state index in [4.69, 9.17) is 14.6 Å². The molecule has 0 radical (unpaired) electrons. The molecule has 3 aliphatic rings. The highest BCUT2D eigenvalue weighted by atomic mass is 16.5. The number of carbonyl (C=O) groups is 1. The lowest BCUT2D eigenvalue weighted by molar-refractivity contribution is -0.126. The summed E-state index contributed by atoms with van der Waals surface area (Å²) in [6.45, 7) is 14.5. The first-order valence-electron chi connectivity index (χ1n) is 15.9. The molecule has 3 saturated carbocycles. The third-order valence-electron chi connectivity index (χ3n) is 9.81. The lowest BCUT2D eigenvalue weighted by atomic mass is 9.60. The molecule has 6 heteroatoms. The molecule has 0 aromatic carbocycles. The maximum absolute atomic E-state index is 11.7. The summed E-state index contributed by atoms with van der Waals surface area (Å²) in [5.41, 5.74) is 4.06. The van der Waals surface area contributed by atoms with Gasteiger partial charge in [-0.2, -0.15) is 0 Å². The van der Waals surface area contributed by atoms with Crippen LogP contribution in [0.2, 0.25) is 0 Å². The van der Waals surface area contributed by atoms with Gasteiger partial charge in [0.2, 0.25) is 5.91 Å². The van der Waals surface area contributed by atoms with Gasteiger partial charge in [-0.15, -0.1) is 0 Å². The van der Waals surface area contributed by atoms with Crippen molar-refractivity contribution >= 4 is 5.91 Å². The average Bonchev–Trinajstić information content (AvgIpc) is 3.25. The molecular weight excluding hydrogens is 502 g/mol. The predicted octanol–water partition coefficient (Wildman–Crippen LogP) is 6.27. The van der Waals surface area contributed by atoms with E-state index in [1.807, 2.05) is 13.8 Å². The lowest BCUT2D eigenvalue weighted by Crippen LogP contribution is -2.36. The molecule has 1 amide bonds. The minimum atomic E-state index is -0.558. The molecule has 3 fully saturated rings. The van der Waals surface area contributed by atoms with Crippen molar-refractivity contribution in [3.63, 3.8) is 0 Å².